The summed E-state index contributed by atoms with van der Waals surface area (Å²) in [4.78, 5) is 46.9. The number of hydrogen-bond acceptors (Lipinski definition) is 7. The molecule has 4 bridgehead atoms. The third kappa shape index (κ3) is 7.56. The summed E-state index contributed by atoms with van der Waals surface area (Å²) < 4.78 is 13.2. The van der Waals surface area contributed by atoms with Crippen molar-refractivity contribution in [1.29, 1.82) is 0 Å². The molecular formula is C33H44N6O5. The average Bonchev–Trinajstić information content (AvgIpc) is 3.40. The first kappa shape index (κ1) is 32.5. The van der Waals surface area contributed by atoms with Crippen LogP contribution in [0.4, 0.5) is 0 Å². The minimum absolute atomic E-state index is 0.156. The van der Waals surface area contributed by atoms with Crippen LogP contribution in [0.1, 0.15) is 73.1 Å². The lowest BCUT2D eigenvalue weighted by molar-refractivity contribution is -0.123. The molecule has 0 radical (unpaired) electrons. The zero-order valence-corrected chi connectivity index (χ0v) is 26.8. The molecule has 4 rings (SSSR count). The molecule has 11 heteroatoms. The molecule has 11 nitrogen and oxygen atoms in total. The Morgan fingerprint density at radius 1 is 1.02 bits per heavy atom. The lowest BCUT2D eigenvalue weighted by Crippen LogP contribution is -2.49. The van der Waals surface area contributed by atoms with Gasteiger partial charge in [-0.05, 0) is 61.4 Å². The van der Waals surface area contributed by atoms with Crippen LogP contribution in [0.25, 0.3) is 11.1 Å². The zero-order valence-electron chi connectivity index (χ0n) is 26.8. The van der Waals surface area contributed by atoms with Crippen LogP contribution >= 0.6 is 0 Å². The van der Waals surface area contributed by atoms with E-state index in [2.05, 4.69) is 34.6 Å². The maximum Gasteiger partial charge on any atom is 0.272 e. The molecule has 1 atom stereocenters. The Labute approximate surface area is 259 Å². The third-order valence-electron chi connectivity index (χ3n) is 7.49. The fourth-order valence-electron chi connectivity index (χ4n) is 5.46. The Bertz CT molecular complexity index is 1500. The number of carbonyl (C=O) groups excluding carboxylic acids is 3. The number of benzene rings is 1. The van der Waals surface area contributed by atoms with Crippen molar-refractivity contribution in [3.8, 4) is 22.6 Å². The van der Waals surface area contributed by atoms with Crippen LogP contribution < -0.4 is 20.1 Å². The van der Waals surface area contributed by atoms with E-state index in [1.807, 2.05) is 39.0 Å². The normalized spacial score (nSPS) is 15.8. The number of aromatic nitrogens is 3. The van der Waals surface area contributed by atoms with Gasteiger partial charge in [0.15, 0.2) is 11.5 Å². The van der Waals surface area contributed by atoms with Crippen LogP contribution in [0.2, 0.25) is 0 Å². The SMILES string of the molecule is CCn1nc(CC(C)C)cc1C(=O)N1CCNC(=O)[C@@H](CC(C)C)NC(=O)c2cncc(c2)-c2cc(cc(OC)c2OC)C1. The first-order valence-electron chi connectivity index (χ1n) is 15.2. The van der Waals surface area contributed by atoms with Gasteiger partial charge in [0.1, 0.15) is 11.7 Å². The van der Waals surface area contributed by atoms with Gasteiger partial charge in [-0.3, -0.25) is 24.0 Å². The predicted octanol–water partition coefficient (Wildman–Crippen LogP) is 4.10. The molecule has 44 heavy (non-hydrogen) atoms. The standard InChI is InChI=1S/C33H44N6O5/c1-8-39-28(16-25(37-39)11-20(2)3)33(42)38-10-9-35-32(41)27(12-21(4)5)36-31(40)24-15-23(17-34-18-24)26-13-22(19-38)14-29(43-6)30(26)44-7/h13-18,20-21,27H,8-12,19H2,1-7H3,(H,35,41)(H,36,40)/t27-/m1/s1. The number of methoxy groups -OCH3 is 2. The van der Waals surface area contributed by atoms with Crippen LogP contribution in [-0.2, 0) is 24.3 Å². The molecule has 0 fully saturated rings. The summed E-state index contributed by atoms with van der Waals surface area (Å²) in [6, 6.07) is 6.58. The third-order valence-corrected chi connectivity index (χ3v) is 7.49. The molecular weight excluding hydrogens is 560 g/mol. The number of nitrogens with one attached hydrogen (secondary N) is 2. The highest BCUT2D eigenvalue weighted by Gasteiger charge is 2.27. The van der Waals surface area contributed by atoms with Gasteiger partial charge in [0.25, 0.3) is 11.8 Å². The van der Waals surface area contributed by atoms with Gasteiger partial charge in [-0.15, -0.1) is 0 Å². The molecule has 3 aromatic rings. The van der Waals surface area contributed by atoms with Gasteiger partial charge in [0.05, 0.1) is 25.5 Å². The monoisotopic (exact) mass is 604 g/mol. The number of nitrogens with zero attached hydrogens (tertiary/aromatic N) is 4. The summed E-state index contributed by atoms with van der Waals surface area (Å²) in [5.41, 5.74) is 3.75. The molecule has 0 spiro atoms. The Morgan fingerprint density at radius 2 is 1.77 bits per heavy atom. The van der Waals surface area contributed by atoms with E-state index in [0.717, 1.165) is 17.7 Å². The summed E-state index contributed by atoms with van der Waals surface area (Å²) in [6.45, 7) is 11.4. The van der Waals surface area contributed by atoms with E-state index in [1.165, 1.54) is 6.20 Å². The summed E-state index contributed by atoms with van der Waals surface area (Å²) in [7, 11) is 3.11. The molecule has 0 aliphatic carbocycles. The number of aryl methyl sites for hydroxylation is 1. The van der Waals surface area contributed by atoms with Gasteiger partial charge in [0.2, 0.25) is 5.91 Å². The molecule has 0 saturated carbocycles. The molecule has 0 unspecified atom stereocenters. The molecule has 0 saturated heterocycles. The maximum absolute atomic E-state index is 14.2. The first-order valence-corrected chi connectivity index (χ1v) is 15.2. The van der Waals surface area contributed by atoms with Gasteiger partial charge in [0, 0.05) is 49.7 Å². The second kappa shape index (κ2) is 14.4. The lowest BCUT2D eigenvalue weighted by Gasteiger charge is -2.25. The predicted molar refractivity (Wildman–Crippen MR) is 168 cm³/mol. The number of ether oxygens (including phenoxy) is 2. The van der Waals surface area contributed by atoms with Gasteiger partial charge in [-0.1, -0.05) is 27.7 Å². The Morgan fingerprint density at radius 3 is 2.43 bits per heavy atom. The van der Waals surface area contributed by atoms with Crippen molar-refractivity contribution in [3.05, 3.63) is 59.2 Å². The van der Waals surface area contributed by atoms with Crippen LogP contribution in [0.5, 0.6) is 11.5 Å². The van der Waals surface area contributed by atoms with Crippen LogP contribution in [0, 0.1) is 11.8 Å². The van der Waals surface area contributed by atoms with Crippen molar-refractivity contribution in [2.75, 3.05) is 27.3 Å². The van der Waals surface area contributed by atoms with E-state index in [0.29, 0.717) is 52.8 Å². The number of rotatable bonds is 8. The summed E-state index contributed by atoms with van der Waals surface area (Å²) in [5.74, 6) is 0.608. The number of pyridine rings is 1. The van der Waals surface area contributed by atoms with Crippen molar-refractivity contribution in [2.45, 2.75) is 66.6 Å². The average molecular weight is 605 g/mol. The highest BCUT2D eigenvalue weighted by molar-refractivity contribution is 5.98. The van der Waals surface area contributed by atoms with Gasteiger partial charge >= 0.3 is 0 Å². The Balaban J connectivity index is 1.83. The number of fused-ring (bicyclic) bond motifs is 5. The smallest absolute Gasteiger partial charge is 0.272 e. The Hall–Kier alpha value is -4.41. The van der Waals surface area contributed by atoms with Gasteiger partial charge < -0.3 is 25.0 Å². The van der Waals surface area contributed by atoms with E-state index < -0.39 is 11.9 Å². The van der Waals surface area contributed by atoms with Crippen LogP contribution in [-0.4, -0.2) is 70.7 Å². The minimum atomic E-state index is -0.753. The van der Waals surface area contributed by atoms with Crippen LogP contribution in [0.3, 0.4) is 0 Å². The molecule has 1 aromatic carbocycles. The Kier molecular flexibility index (Phi) is 10.6. The van der Waals surface area contributed by atoms with Crippen molar-refractivity contribution in [2.24, 2.45) is 11.8 Å². The second-order valence-electron chi connectivity index (χ2n) is 11.9. The number of amides is 3. The van der Waals surface area contributed by atoms with Crippen molar-refractivity contribution < 1.29 is 23.9 Å². The first-order chi connectivity index (χ1) is 21.0. The number of hydrogen-bond donors (Lipinski definition) is 2. The molecule has 1 aliphatic rings. The summed E-state index contributed by atoms with van der Waals surface area (Å²) in [5, 5.41) is 10.5. The van der Waals surface area contributed by atoms with Gasteiger partial charge in [-0.2, -0.15) is 5.10 Å². The number of carbonyl (C=O) groups is 3. The van der Waals surface area contributed by atoms with Crippen molar-refractivity contribution in [3.63, 3.8) is 0 Å². The second-order valence-corrected chi connectivity index (χ2v) is 11.9. The zero-order chi connectivity index (χ0) is 32.0. The largest absolute Gasteiger partial charge is 0.493 e. The van der Waals surface area contributed by atoms with E-state index in [-0.39, 0.29) is 37.4 Å². The van der Waals surface area contributed by atoms with E-state index >= 15 is 0 Å². The highest BCUT2D eigenvalue weighted by Crippen LogP contribution is 2.39. The van der Waals surface area contributed by atoms with Gasteiger partial charge in [-0.25, -0.2) is 0 Å². The highest BCUT2D eigenvalue weighted by atomic mass is 16.5. The fraction of sp³-hybridized carbons (Fsp3) is 0.485. The van der Waals surface area contributed by atoms with Crippen LogP contribution in [0.15, 0.2) is 36.7 Å². The quantitative estimate of drug-likeness (QED) is 0.396. The van der Waals surface area contributed by atoms with E-state index in [4.69, 9.17) is 9.47 Å². The van der Waals surface area contributed by atoms with E-state index in [1.54, 1.807) is 36.1 Å². The molecule has 2 aromatic heterocycles. The molecule has 1 aliphatic heterocycles. The topological polar surface area (TPSA) is 128 Å². The fourth-order valence-corrected chi connectivity index (χ4v) is 5.46. The molecule has 3 amide bonds. The molecule has 2 N–H and O–H groups in total. The lowest BCUT2D eigenvalue weighted by atomic mass is 10.00. The summed E-state index contributed by atoms with van der Waals surface area (Å²) in [6.07, 6.45) is 4.33. The minimum Gasteiger partial charge on any atom is -0.493 e. The molecule has 236 valence electrons. The van der Waals surface area contributed by atoms with Crippen molar-refractivity contribution in [1.82, 2.24) is 30.3 Å². The van der Waals surface area contributed by atoms with Crippen molar-refractivity contribution >= 4 is 17.7 Å². The molecule has 3 heterocycles. The maximum atomic E-state index is 14.2. The summed E-state index contributed by atoms with van der Waals surface area (Å²) >= 11 is 0. The van der Waals surface area contributed by atoms with E-state index in [9.17, 15) is 14.4 Å².